The predicted octanol–water partition coefficient (Wildman–Crippen LogP) is 4.22. The number of rotatable bonds is 5. The number of thiazole rings is 1. The molecule has 2 aromatic heterocycles. The lowest BCUT2D eigenvalue weighted by Gasteiger charge is -2.26. The van der Waals surface area contributed by atoms with Gasteiger partial charge in [0.25, 0.3) is 5.91 Å². The molecule has 0 bridgehead atoms. The number of carbonyl (C=O) groups is 2. The number of fused-ring (bicyclic) bond motifs is 1. The average molecular weight is 399 g/mol. The van der Waals surface area contributed by atoms with Gasteiger partial charge in [-0.05, 0) is 41.8 Å². The average Bonchev–Trinajstić information content (AvgIpc) is 3.38. The summed E-state index contributed by atoms with van der Waals surface area (Å²) in [4.78, 5) is 29.7. The molecule has 1 N–H and O–H groups in total. The van der Waals surface area contributed by atoms with E-state index >= 15 is 0 Å². The number of nitrogens with zero attached hydrogens (tertiary/aromatic N) is 1. The number of thiophene rings is 1. The summed E-state index contributed by atoms with van der Waals surface area (Å²) < 4.78 is 5.15. The van der Waals surface area contributed by atoms with Crippen LogP contribution in [0.15, 0.2) is 47.2 Å². The Bertz CT molecular complexity index is 950. The lowest BCUT2D eigenvalue weighted by molar-refractivity contribution is -0.125. The molecule has 0 radical (unpaired) electrons. The highest BCUT2D eigenvalue weighted by atomic mass is 32.1. The molecule has 1 aliphatic carbocycles. The first-order chi connectivity index (χ1) is 13.2. The van der Waals surface area contributed by atoms with Crippen molar-refractivity contribution in [2.75, 3.05) is 6.61 Å². The number of hydrogen-bond acceptors (Lipinski definition) is 6. The van der Waals surface area contributed by atoms with E-state index in [4.69, 9.17) is 4.74 Å². The van der Waals surface area contributed by atoms with E-state index in [0.29, 0.717) is 0 Å². The minimum absolute atomic E-state index is 0.0224. The van der Waals surface area contributed by atoms with Gasteiger partial charge in [0.15, 0.2) is 12.3 Å². The number of carbonyl (C=O) groups excluding carboxylic acids is 2. The van der Waals surface area contributed by atoms with Gasteiger partial charge in [-0.3, -0.25) is 4.79 Å². The van der Waals surface area contributed by atoms with Crippen molar-refractivity contribution in [1.82, 2.24) is 10.3 Å². The van der Waals surface area contributed by atoms with Crippen molar-refractivity contribution in [3.05, 3.63) is 64.0 Å². The zero-order valence-corrected chi connectivity index (χ0v) is 16.1. The molecule has 2 heterocycles. The molecule has 3 aromatic rings. The second-order valence-electron chi connectivity index (χ2n) is 6.30. The second kappa shape index (κ2) is 8.02. The Balaban J connectivity index is 1.33. The Morgan fingerprint density at radius 1 is 1.19 bits per heavy atom. The van der Waals surface area contributed by atoms with E-state index in [1.807, 2.05) is 35.7 Å². The quantitative estimate of drug-likeness (QED) is 0.654. The maximum atomic E-state index is 12.2. The minimum Gasteiger partial charge on any atom is -0.451 e. The molecular formula is C20H18N2O3S2. The smallest absolute Gasteiger partial charge is 0.358 e. The number of esters is 1. The van der Waals surface area contributed by atoms with Crippen LogP contribution in [0.3, 0.4) is 0 Å². The fourth-order valence-corrected chi connectivity index (χ4v) is 4.83. The van der Waals surface area contributed by atoms with E-state index in [2.05, 4.69) is 16.4 Å². The number of amides is 1. The van der Waals surface area contributed by atoms with E-state index in [0.717, 1.165) is 34.7 Å². The van der Waals surface area contributed by atoms with Crippen molar-refractivity contribution < 1.29 is 14.3 Å². The van der Waals surface area contributed by atoms with Gasteiger partial charge in [0, 0.05) is 5.38 Å². The maximum absolute atomic E-state index is 12.2. The van der Waals surface area contributed by atoms with Gasteiger partial charge in [0.05, 0.1) is 10.9 Å². The number of hydrogen-bond donors (Lipinski definition) is 1. The molecule has 138 valence electrons. The first-order valence-corrected chi connectivity index (χ1v) is 10.5. The molecule has 27 heavy (non-hydrogen) atoms. The van der Waals surface area contributed by atoms with Crippen LogP contribution in [-0.4, -0.2) is 23.5 Å². The van der Waals surface area contributed by atoms with Gasteiger partial charge in [0.1, 0.15) is 5.01 Å². The minimum atomic E-state index is -0.576. The molecule has 0 saturated carbocycles. The predicted molar refractivity (Wildman–Crippen MR) is 106 cm³/mol. The number of benzene rings is 1. The van der Waals surface area contributed by atoms with Crippen molar-refractivity contribution >= 4 is 34.6 Å². The van der Waals surface area contributed by atoms with Crippen LogP contribution in [0.2, 0.25) is 0 Å². The summed E-state index contributed by atoms with van der Waals surface area (Å²) in [7, 11) is 0. The Morgan fingerprint density at radius 2 is 2.07 bits per heavy atom. The fourth-order valence-electron chi connectivity index (χ4n) is 3.23. The standard InChI is InChI=1S/C20H18N2O3S2/c23-18(21-15-8-3-6-13-5-1-2-7-14(13)15)11-25-20(24)16-12-27-19(22-16)17-9-4-10-26-17/h1-2,4-5,7,9-10,12,15H,3,6,8,11H2,(H,21,23)/t15-/m1/s1. The highest BCUT2D eigenvalue weighted by Gasteiger charge is 2.22. The van der Waals surface area contributed by atoms with E-state index < -0.39 is 5.97 Å². The first-order valence-electron chi connectivity index (χ1n) is 8.74. The molecule has 1 aromatic carbocycles. The molecule has 4 rings (SSSR count). The second-order valence-corrected chi connectivity index (χ2v) is 8.11. The van der Waals surface area contributed by atoms with Gasteiger partial charge >= 0.3 is 5.97 Å². The van der Waals surface area contributed by atoms with Crippen LogP contribution in [0.25, 0.3) is 9.88 Å². The molecular weight excluding hydrogens is 380 g/mol. The van der Waals surface area contributed by atoms with Gasteiger partial charge in [-0.15, -0.1) is 22.7 Å². The molecule has 5 nitrogen and oxygen atoms in total. The van der Waals surface area contributed by atoms with Crippen molar-refractivity contribution in [2.24, 2.45) is 0 Å². The van der Waals surface area contributed by atoms with Gasteiger partial charge in [0.2, 0.25) is 0 Å². The highest BCUT2D eigenvalue weighted by Crippen LogP contribution is 2.29. The summed E-state index contributed by atoms with van der Waals surface area (Å²) in [5, 5.41) is 7.38. The molecule has 0 aliphatic heterocycles. The van der Waals surface area contributed by atoms with Crippen LogP contribution in [0.1, 0.15) is 40.5 Å². The summed E-state index contributed by atoms with van der Waals surface area (Å²) in [6.07, 6.45) is 2.97. The molecule has 0 fully saturated rings. The number of ether oxygens (including phenoxy) is 1. The molecule has 0 saturated heterocycles. The van der Waals surface area contributed by atoms with E-state index in [1.54, 1.807) is 16.7 Å². The Hall–Kier alpha value is -2.51. The van der Waals surface area contributed by atoms with Crippen LogP contribution in [0.4, 0.5) is 0 Å². The Morgan fingerprint density at radius 3 is 2.93 bits per heavy atom. The highest BCUT2D eigenvalue weighted by molar-refractivity contribution is 7.20. The fraction of sp³-hybridized carbons (Fsp3) is 0.250. The van der Waals surface area contributed by atoms with Crippen LogP contribution >= 0.6 is 22.7 Å². The summed E-state index contributed by atoms with van der Waals surface area (Å²) in [6.45, 7) is -0.302. The lowest BCUT2D eigenvalue weighted by atomic mass is 9.88. The third-order valence-corrected chi connectivity index (χ3v) is 6.37. The normalized spacial score (nSPS) is 15.8. The van der Waals surface area contributed by atoms with Crippen LogP contribution < -0.4 is 5.32 Å². The molecule has 1 atom stereocenters. The number of aryl methyl sites for hydroxylation is 1. The van der Waals surface area contributed by atoms with Crippen molar-refractivity contribution in [3.63, 3.8) is 0 Å². The van der Waals surface area contributed by atoms with Crippen LogP contribution in [-0.2, 0) is 16.0 Å². The number of nitrogens with one attached hydrogen (secondary N) is 1. The van der Waals surface area contributed by atoms with Crippen LogP contribution in [0, 0.1) is 0 Å². The first kappa shape index (κ1) is 17.9. The van der Waals surface area contributed by atoms with Crippen molar-refractivity contribution in [1.29, 1.82) is 0 Å². The third kappa shape index (κ3) is 4.09. The molecule has 1 aliphatic rings. The van der Waals surface area contributed by atoms with Crippen LogP contribution in [0.5, 0.6) is 0 Å². The van der Waals surface area contributed by atoms with Gasteiger partial charge < -0.3 is 10.1 Å². The summed E-state index contributed by atoms with van der Waals surface area (Å²) >= 11 is 2.95. The largest absolute Gasteiger partial charge is 0.451 e. The number of aromatic nitrogens is 1. The van der Waals surface area contributed by atoms with E-state index in [-0.39, 0.29) is 24.2 Å². The molecule has 7 heteroatoms. The Labute approximate surface area is 165 Å². The summed E-state index contributed by atoms with van der Waals surface area (Å²) in [6, 6.07) is 12.0. The van der Waals surface area contributed by atoms with Gasteiger partial charge in [-0.25, -0.2) is 9.78 Å². The SMILES string of the molecule is O=C(COC(=O)c1csc(-c2cccs2)n1)N[C@@H]1CCCc2ccccc21. The van der Waals surface area contributed by atoms with E-state index in [1.165, 1.54) is 16.9 Å². The van der Waals surface area contributed by atoms with Gasteiger partial charge in [-0.2, -0.15) is 0 Å². The third-order valence-electron chi connectivity index (χ3n) is 4.48. The Kier molecular flexibility index (Phi) is 5.31. The molecule has 1 amide bonds. The molecule has 0 spiro atoms. The summed E-state index contributed by atoms with van der Waals surface area (Å²) in [5.74, 6) is -0.869. The lowest BCUT2D eigenvalue weighted by Crippen LogP contribution is -2.34. The van der Waals surface area contributed by atoms with E-state index in [9.17, 15) is 9.59 Å². The maximum Gasteiger partial charge on any atom is 0.358 e. The van der Waals surface area contributed by atoms with Crippen molar-refractivity contribution in [3.8, 4) is 9.88 Å². The van der Waals surface area contributed by atoms with Gasteiger partial charge in [-0.1, -0.05) is 30.3 Å². The topological polar surface area (TPSA) is 68.3 Å². The zero-order chi connectivity index (χ0) is 18.6. The molecule has 0 unspecified atom stereocenters. The van der Waals surface area contributed by atoms with Crippen molar-refractivity contribution in [2.45, 2.75) is 25.3 Å². The zero-order valence-electron chi connectivity index (χ0n) is 14.5. The monoisotopic (exact) mass is 398 g/mol. The summed E-state index contributed by atoms with van der Waals surface area (Å²) in [5.41, 5.74) is 2.66.